The quantitative estimate of drug-likeness (QED) is 0.391. The van der Waals surface area contributed by atoms with Crippen molar-refractivity contribution >= 4 is 27.5 Å². The largest absolute Gasteiger partial charge is 0.354 e. The number of hydrogen-bond acceptors (Lipinski definition) is 4. The summed E-state index contributed by atoms with van der Waals surface area (Å²) >= 11 is 0. The minimum atomic E-state index is -3.53. The zero-order chi connectivity index (χ0) is 27.6. The molecule has 2 rings (SSSR count). The molecule has 0 aliphatic carbocycles. The number of amides is 2. The van der Waals surface area contributed by atoms with Gasteiger partial charge in [-0.05, 0) is 61.8 Å². The lowest BCUT2D eigenvalue weighted by molar-refractivity contribution is -0.140. The van der Waals surface area contributed by atoms with Crippen LogP contribution in [-0.4, -0.2) is 57.1 Å². The number of anilines is 1. The first-order valence-corrected chi connectivity index (χ1v) is 15.0. The minimum absolute atomic E-state index is 0.142. The SMILES string of the molecule is CCC(C(=O)NCC(C)C)N(CCc1ccccc1)C(=O)CCCN(c1cccc(C)c1C)S(C)(=O)=O. The van der Waals surface area contributed by atoms with Gasteiger partial charge in [-0.25, -0.2) is 8.42 Å². The molecule has 2 aromatic rings. The summed E-state index contributed by atoms with van der Waals surface area (Å²) in [5, 5.41) is 2.97. The van der Waals surface area contributed by atoms with Crippen molar-refractivity contribution in [2.24, 2.45) is 5.92 Å². The number of nitrogens with one attached hydrogen (secondary N) is 1. The van der Waals surface area contributed by atoms with Crippen molar-refractivity contribution in [2.45, 2.75) is 66.3 Å². The highest BCUT2D eigenvalue weighted by Crippen LogP contribution is 2.25. The van der Waals surface area contributed by atoms with Crippen LogP contribution in [0.2, 0.25) is 0 Å². The predicted octanol–water partition coefficient (Wildman–Crippen LogP) is 4.47. The van der Waals surface area contributed by atoms with Crippen LogP contribution in [0.4, 0.5) is 5.69 Å². The Balaban J connectivity index is 2.18. The molecule has 0 spiro atoms. The Morgan fingerprint density at radius 3 is 2.24 bits per heavy atom. The average Bonchev–Trinajstić information content (AvgIpc) is 2.84. The summed E-state index contributed by atoms with van der Waals surface area (Å²) in [5.74, 6) is 0.0182. The predicted molar refractivity (Wildman–Crippen MR) is 151 cm³/mol. The van der Waals surface area contributed by atoms with Crippen molar-refractivity contribution in [3.8, 4) is 0 Å². The zero-order valence-corrected chi connectivity index (χ0v) is 24.0. The number of benzene rings is 2. The van der Waals surface area contributed by atoms with E-state index >= 15 is 0 Å². The van der Waals surface area contributed by atoms with E-state index in [1.165, 1.54) is 10.6 Å². The van der Waals surface area contributed by atoms with Crippen LogP contribution in [0.25, 0.3) is 0 Å². The summed E-state index contributed by atoms with van der Waals surface area (Å²) in [7, 11) is -3.53. The molecular formula is C29H43N3O4S. The standard InChI is InChI=1S/C29H43N3O4S/c1-7-26(29(34)30-21-22(2)3)31(20-18-25-14-9-8-10-15-25)28(33)17-12-19-32(37(6,35)36)27-16-11-13-23(4)24(27)5/h8-11,13-16,22,26H,7,12,17-21H2,1-6H3,(H,30,34). The van der Waals surface area contributed by atoms with Crippen LogP contribution in [-0.2, 0) is 26.0 Å². The lowest BCUT2D eigenvalue weighted by Gasteiger charge is -2.31. The molecule has 1 unspecified atom stereocenters. The highest BCUT2D eigenvalue weighted by molar-refractivity contribution is 7.92. The first-order valence-electron chi connectivity index (χ1n) is 13.1. The molecule has 0 saturated heterocycles. The molecule has 0 radical (unpaired) electrons. The fourth-order valence-corrected chi connectivity index (χ4v) is 5.32. The van der Waals surface area contributed by atoms with E-state index in [2.05, 4.69) is 5.32 Å². The summed E-state index contributed by atoms with van der Waals surface area (Å²) in [4.78, 5) is 28.2. The summed E-state index contributed by atoms with van der Waals surface area (Å²) < 4.78 is 26.6. The number of rotatable bonds is 14. The van der Waals surface area contributed by atoms with Crippen molar-refractivity contribution < 1.29 is 18.0 Å². The van der Waals surface area contributed by atoms with E-state index in [9.17, 15) is 18.0 Å². The molecule has 0 aliphatic rings. The monoisotopic (exact) mass is 529 g/mol. The number of nitrogens with zero attached hydrogens (tertiary/aromatic N) is 2. The van der Waals surface area contributed by atoms with Gasteiger partial charge in [0.25, 0.3) is 0 Å². The second-order valence-electron chi connectivity index (χ2n) is 10.0. The van der Waals surface area contributed by atoms with Crippen molar-refractivity contribution in [3.63, 3.8) is 0 Å². The Labute approximate surface area is 223 Å². The lowest BCUT2D eigenvalue weighted by atomic mass is 10.1. The first kappa shape index (κ1) is 30.4. The molecule has 1 atom stereocenters. The Hall–Kier alpha value is -2.87. The molecule has 0 fully saturated rings. The molecule has 2 aromatic carbocycles. The van der Waals surface area contributed by atoms with E-state index in [0.717, 1.165) is 16.7 Å². The third-order valence-corrected chi connectivity index (χ3v) is 7.73. The first-order chi connectivity index (χ1) is 17.5. The van der Waals surface area contributed by atoms with Gasteiger partial charge in [0.05, 0.1) is 11.9 Å². The number of carbonyl (C=O) groups is 2. The number of sulfonamides is 1. The molecule has 0 aliphatic heterocycles. The van der Waals surface area contributed by atoms with Gasteiger partial charge in [-0.1, -0.05) is 63.2 Å². The third-order valence-electron chi connectivity index (χ3n) is 6.55. The highest BCUT2D eigenvalue weighted by Gasteiger charge is 2.28. The van der Waals surface area contributed by atoms with Crippen LogP contribution < -0.4 is 9.62 Å². The number of hydrogen-bond donors (Lipinski definition) is 1. The van der Waals surface area contributed by atoms with E-state index < -0.39 is 16.1 Å². The van der Waals surface area contributed by atoms with Crippen molar-refractivity contribution in [1.82, 2.24) is 10.2 Å². The Morgan fingerprint density at radius 2 is 1.65 bits per heavy atom. The third kappa shape index (κ3) is 9.18. The van der Waals surface area contributed by atoms with Crippen LogP contribution in [0.15, 0.2) is 48.5 Å². The van der Waals surface area contributed by atoms with Crippen LogP contribution in [0, 0.1) is 19.8 Å². The Kier molecular flexibility index (Phi) is 11.6. The van der Waals surface area contributed by atoms with Crippen LogP contribution in [0.3, 0.4) is 0 Å². The lowest BCUT2D eigenvalue weighted by Crippen LogP contribution is -2.50. The van der Waals surface area contributed by atoms with Crippen LogP contribution in [0.5, 0.6) is 0 Å². The maximum absolute atomic E-state index is 13.5. The molecule has 2 amide bonds. The van der Waals surface area contributed by atoms with Gasteiger partial charge in [0, 0.05) is 26.1 Å². The second-order valence-corrected chi connectivity index (χ2v) is 12.0. The van der Waals surface area contributed by atoms with E-state index in [4.69, 9.17) is 0 Å². The molecule has 8 heteroatoms. The van der Waals surface area contributed by atoms with Gasteiger partial charge in [0.2, 0.25) is 21.8 Å². The van der Waals surface area contributed by atoms with E-state index in [1.54, 1.807) is 11.0 Å². The van der Waals surface area contributed by atoms with Gasteiger partial charge in [-0.2, -0.15) is 0 Å². The molecule has 0 bridgehead atoms. The smallest absolute Gasteiger partial charge is 0.242 e. The fraction of sp³-hybridized carbons (Fsp3) is 0.517. The zero-order valence-electron chi connectivity index (χ0n) is 23.2. The fourth-order valence-electron chi connectivity index (χ4n) is 4.31. The average molecular weight is 530 g/mol. The van der Waals surface area contributed by atoms with Crippen molar-refractivity contribution in [3.05, 3.63) is 65.2 Å². The topological polar surface area (TPSA) is 86.8 Å². The molecule has 7 nitrogen and oxygen atoms in total. The van der Waals surface area contributed by atoms with Gasteiger partial charge in [0.1, 0.15) is 6.04 Å². The maximum Gasteiger partial charge on any atom is 0.242 e. The van der Waals surface area contributed by atoms with E-state index in [0.29, 0.717) is 44.0 Å². The van der Waals surface area contributed by atoms with Crippen molar-refractivity contribution in [1.29, 1.82) is 0 Å². The maximum atomic E-state index is 13.5. The molecule has 1 N–H and O–H groups in total. The van der Waals surface area contributed by atoms with Gasteiger partial charge < -0.3 is 10.2 Å². The normalized spacial score (nSPS) is 12.3. The molecule has 204 valence electrons. The Bertz CT molecular complexity index is 1130. The molecule has 0 saturated carbocycles. The second kappa shape index (κ2) is 14.2. The number of carbonyl (C=O) groups excluding carboxylic acids is 2. The van der Waals surface area contributed by atoms with E-state index in [-0.39, 0.29) is 24.8 Å². The summed E-state index contributed by atoms with van der Waals surface area (Å²) in [6.45, 7) is 11.0. The minimum Gasteiger partial charge on any atom is -0.354 e. The summed E-state index contributed by atoms with van der Waals surface area (Å²) in [5.41, 5.74) is 3.63. The summed E-state index contributed by atoms with van der Waals surface area (Å²) in [6, 6.07) is 14.9. The van der Waals surface area contributed by atoms with Crippen molar-refractivity contribution in [2.75, 3.05) is 30.2 Å². The van der Waals surface area contributed by atoms with Gasteiger partial charge in [-0.15, -0.1) is 0 Å². The van der Waals surface area contributed by atoms with Crippen LogP contribution in [0.1, 0.15) is 56.7 Å². The molecule has 0 heterocycles. The van der Waals surface area contributed by atoms with Gasteiger partial charge in [0.15, 0.2) is 0 Å². The molecule has 37 heavy (non-hydrogen) atoms. The van der Waals surface area contributed by atoms with Gasteiger partial charge >= 0.3 is 0 Å². The van der Waals surface area contributed by atoms with E-state index in [1.807, 2.05) is 77.1 Å². The molecular weight excluding hydrogens is 486 g/mol. The summed E-state index contributed by atoms with van der Waals surface area (Å²) in [6.07, 6.45) is 2.83. The highest BCUT2D eigenvalue weighted by atomic mass is 32.2. The van der Waals surface area contributed by atoms with Crippen LogP contribution >= 0.6 is 0 Å². The number of aryl methyl sites for hydroxylation is 1. The van der Waals surface area contributed by atoms with Gasteiger partial charge in [-0.3, -0.25) is 13.9 Å². The Morgan fingerprint density at radius 1 is 0.973 bits per heavy atom. The molecule has 0 aromatic heterocycles.